The Hall–Kier alpha value is -3.42. The second kappa shape index (κ2) is 7.37. The van der Waals surface area contributed by atoms with E-state index >= 15 is 0 Å². The fourth-order valence-electron chi connectivity index (χ4n) is 4.70. The van der Waals surface area contributed by atoms with Crippen molar-refractivity contribution in [1.82, 2.24) is 19.7 Å². The molecule has 0 spiro atoms. The van der Waals surface area contributed by atoms with E-state index in [1.165, 1.54) is 4.90 Å². The lowest BCUT2D eigenvalue weighted by molar-refractivity contribution is -0.129. The lowest BCUT2D eigenvalue weighted by Gasteiger charge is -2.35. The summed E-state index contributed by atoms with van der Waals surface area (Å²) in [5.74, 6) is 0.00561. The van der Waals surface area contributed by atoms with Gasteiger partial charge in [-0.1, -0.05) is 30.3 Å². The zero-order valence-corrected chi connectivity index (χ0v) is 17.6. The number of hydrogen-bond acceptors (Lipinski definition) is 4. The Morgan fingerprint density at radius 3 is 2.61 bits per heavy atom. The highest BCUT2D eigenvalue weighted by Crippen LogP contribution is 2.46. The maximum Gasteiger partial charge on any atom is 0.327 e. The molecule has 0 unspecified atom stereocenters. The van der Waals surface area contributed by atoms with Crippen molar-refractivity contribution in [1.29, 1.82) is 0 Å². The molecule has 1 aromatic heterocycles. The molecule has 5 rings (SSSR count). The Morgan fingerprint density at radius 2 is 1.87 bits per heavy atom. The Labute approximate surface area is 180 Å². The molecule has 2 aromatic rings. The smallest absolute Gasteiger partial charge is 0.320 e. The molecule has 0 radical (unpaired) electrons. The standard InChI is InChI=1S/C23H25N5O3/c1-14-8-9-24-15(2)20(14)25-22(30)26-10-11-27-19(13-26)21(29)28(23(27)31)18-12-17(18)16-6-4-3-5-7-16/h3-9,17-19H,10-13H2,1-2H3,(H,25,30)/t17-,18+,19+/m1/s1. The molecule has 160 valence electrons. The van der Waals surface area contributed by atoms with Gasteiger partial charge >= 0.3 is 12.1 Å². The van der Waals surface area contributed by atoms with Gasteiger partial charge in [-0.25, -0.2) is 9.59 Å². The Kier molecular flexibility index (Phi) is 4.64. The molecule has 1 saturated carbocycles. The summed E-state index contributed by atoms with van der Waals surface area (Å²) in [6.07, 6.45) is 2.50. The van der Waals surface area contributed by atoms with Gasteiger partial charge in [0.15, 0.2) is 0 Å². The number of rotatable bonds is 3. The van der Waals surface area contributed by atoms with Crippen LogP contribution >= 0.6 is 0 Å². The van der Waals surface area contributed by atoms with Gasteiger partial charge in [-0.05, 0) is 37.5 Å². The van der Waals surface area contributed by atoms with Gasteiger partial charge in [0.05, 0.1) is 17.9 Å². The van der Waals surface area contributed by atoms with Crippen LogP contribution in [0, 0.1) is 13.8 Å². The summed E-state index contributed by atoms with van der Waals surface area (Å²) >= 11 is 0. The number of nitrogens with one attached hydrogen (secondary N) is 1. The number of aryl methyl sites for hydroxylation is 2. The number of benzene rings is 1. The lowest BCUT2D eigenvalue weighted by atomic mass is 10.1. The summed E-state index contributed by atoms with van der Waals surface area (Å²) in [6.45, 7) is 4.70. The third-order valence-electron chi connectivity index (χ3n) is 6.54. The van der Waals surface area contributed by atoms with Crippen LogP contribution in [0.3, 0.4) is 0 Å². The number of nitrogens with zero attached hydrogens (tertiary/aromatic N) is 4. The summed E-state index contributed by atoms with van der Waals surface area (Å²) in [4.78, 5) is 47.9. The number of piperazine rings is 1. The number of hydrogen-bond donors (Lipinski definition) is 1. The average molecular weight is 419 g/mol. The van der Waals surface area contributed by atoms with Crippen LogP contribution in [0.1, 0.15) is 29.2 Å². The quantitative estimate of drug-likeness (QED) is 0.775. The van der Waals surface area contributed by atoms with E-state index in [1.54, 1.807) is 16.0 Å². The van der Waals surface area contributed by atoms with E-state index in [0.29, 0.717) is 18.8 Å². The third kappa shape index (κ3) is 3.32. The van der Waals surface area contributed by atoms with E-state index in [4.69, 9.17) is 0 Å². The molecule has 1 aliphatic carbocycles. The van der Waals surface area contributed by atoms with Crippen molar-refractivity contribution in [3.05, 3.63) is 59.4 Å². The average Bonchev–Trinajstić information content (AvgIpc) is 3.52. The first-order chi connectivity index (χ1) is 15.0. The molecule has 1 N–H and O–H groups in total. The minimum atomic E-state index is -0.611. The monoisotopic (exact) mass is 419 g/mol. The molecule has 8 heteroatoms. The number of aromatic nitrogens is 1. The van der Waals surface area contributed by atoms with Crippen LogP contribution < -0.4 is 5.32 Å². The molecular weight excluding hydrogens is 394 g/mol. The zero-order chi connectivity index (χ0) is 21.7. The van der Waals surface area contributed by atoms with Crippen LogP contribution in [0.15, 0.2) is 42.6 Å². The largest absolute Gasteiger partial charge is 0.327 e. The maximum atomic E-state index is 13.1. The van der Waals surface area contributed by atoms with Crippen molar-refractivity contribution >= 4 is 23.7 Å². The highest BCUT2D eigenvalue weighted by molar-refractivity contribution is 6.05. The molecule has 2 aliphatic heterocycles. The summed E-state index contributed by atoms with van der Waals surface area (Å²) in [5, 5.41) is 2.93. The highest BCUT2D eigenvalue weighted by Gasteiger charge is 2.56. The van der Waals surface area contributed by atoms with Crippen LogP contribution in [0.5, 0.6) is 0 Å². The second-order valence-corrected chi connectivity index (χ2v) is 8.48. The van der Waals surface area contributed by atoms with Crippen LogP contribution in [0.2, 0.25) is 0 Å². The second-order valence-electron chi connectivity index (χ2n) is 8.48. The number of fused-ring (bicyclic) bond motifs is 1. The Balaban J connectivity index is 1.28. The molecule has 5 amide bonds. The predicted molar refractivity (Wildman–Crippen MR) is 115 cm³/mol. The summed E-state index contributed by atoms with van der Waals surface area (Å²) < 4.78 is 0. The normalized spacial score (nSPS) is 25.0. The molecule has 3 atom stereocenters. The molecule has 0 bridgehead atoms. The Bertz CT molecular complexity index is 1040. The van der Waals surface area contributed by atoms with Gasteiger partial charge in [0.2, 0.25) is 0 Å². The fourth-order valence-corrected chi connectivity index (χ4v) is 4.70. The van der Waals surface area contributed by atoms with Crippen LogP contribution in [-0.2, 0) is 4.79 Å². The molecular formula is C23H25N5O3. The van der Waals surface area contributed by atoms with Crippen LogP contribution in [-0.4, -0.2) is 69.4 Å². The van der Waals surface area contributed by atoms with Gasteiger partial charge in [0.25, 0.3) is 5.91 Å². The molecule has 3 fully saturated rings. The van der Waals surface area contributed by atoms with Crippen molar-refractivity contribution in [3.8, 4) is 0 Å². The number of carbonyl (C=O) groups excluding carboxylic acids is 3. The lowest BCUT2D eigenvalue weighted by Crippen LogP contribution is -2.55. The molecule has 3 aliphatic rings. The number of urea groups is 2. The summed E-state index contributed by atoms with van der Waals surface area (Å²) in [5.41, 5.74) is 3.51. The molecule has 8 nitrogen and oxygen atoms in total. The van der Waals surface area contributed by atoms with Crippen molar-refractivity contribution in [2.24, 2.45) is 0 Å². The maximum absolute atomic E-state index is 13.1. The number of anilines is 1. The fraction of sp³-hybridized carbons (Fsp3) is 0.391. The van der Waals surface area contributed by atoms with Crippen molar-refractivity contribution in [2.75, 3.05) is 25.0 Å². The number of carbonyl (C=O) groups is 3. The number of amides is 5. The van der Waals surface area contributed by atoms with Gasteiger partial charge in [0, 0.05) is 31.2 Å². The predicted octanol–water partition coefficient (Wildman–Crippen LogP) is 2.73. The van der Waals surface area contributed by atoms with Crippen LogP contribution in [0.25, 0.3) is 0 Å². The van der Waals surface area contributed by atoms with E-state index in [2.05, 4.69) is 10.3 Å². The first-order valence-electron chi connectivity index (χ1n) is 10.6. The van der Waals surface area contributed by atoms with E-state index in [-0.39, 0.29) is 36.5 Å². The van der Waals surface area contributed by atoms with E-state index in [9.17, 15) is 14.4 Å². The van der Waals surface area contributed by atoms with Crippen molar-refractivity contribution < 1.29 is 14.4 Å². The minimum Gasteiger partial charge on any atom is -0.320 e. The van der Waals surface area contributed by atoms with E-state index in [1.807, 2.05) is 50.2 Å². The SMILES string of the molecule is Cc1ccnc(C)c1NC(=O)N1CCN2C(=O)N([C@H]3C[C@@H]3c3ccccc3)C(=O)[C@@H]2C1. The van der Waals surface area contributed by atoms with Gasteiger partial charge in [-0.15, -0.1) is 0 Å². The minimum absolute atomic E-state index is 0.0871. The third-order valence-corrected chi connectivity index (χ3v) is 6.54. The topological polar surface area (TPSA) is 85.8 Å². The van der Waals surface area contributed by atoms with E-state index < -0.39 is 6.04 Å². The van der Waals surface area contributed by atoms with E-state index in [0.717, 1.165) is 23.2 Å². The molecule has 1 aromatic carbocycles. The van der Waals surface area contributed by atoms with Crippen LogP contribution in [0.4, 0.5) is 15.3 Å². The zero-order valence-electron chi connectivity index (χ0n) is 17.6. The highest BCUT2D eigenvalue weighted by atomic mass is 16.2. The van der Waals surface area contributed by atoms with Crippen molar-refractivity contribution in [2.45, 2.75) is 38.3 Å². The first-order valence-corrected chi connectivity index (χ1v) is 10.6. The molecule has 31 heavy (non-hydrogen) atoms. The van der Waals surface area contributed by atoms with Gasteiger partial charge in [-0.2, -0.15) is 0 Å². The molecule has 2 saturated heterocycles. The first kappa shape index (κ1) is 19.5. The van der Waals surface area contributed by atoms with Gasteiger partial charge in [-0.3, -0.25) is 14.7 Å². The number of imide groups is 1. The van der Waals surface area contributed by atoms with Gasteiger partial charge < -0.3 is 15.1 Å². The number of pyridine rings is 1. The Morgan fingerprint density at radius 1 is 1.10 bits per heavy atom. The summed E-state index contributed by atoms with van der Waals surface area (Å²) in [6, 6.07) is 10.6. The van der Waals surface area contributed by atoms with Gasteiger partial charge in [0.1, 0.15) is 6.04 Å². The molecule has 3 heterocycles. The summed E-state index contributed by atoms with van der Waals surface area (Å²) in [7, 11) is 0. The van der Waals surface area contributed by atoms with Crippen molar-refractivity contribution in [3.63, 3.8) is 0 Å².